The Morgan fingerprint density at radius 1 is 1.05 bits per heavy atom. The lowest BCUT2D eigenvalue weighted by molar-refractivity contribution is 0.192. The molecule has 2 aromatic rings. The van der Waals surface area contributed by atoms with Crippen molar-refractivity contribution in [2.45, 2.75) is 25.4 Å². The highest BCUT2D eigenvalue weighted by Crippen LogP contribution is 2.28. The molecule has 4 heteroatoms. The maximum atomic E-state index is 10.3. The molecule has 1 aliphatic carbocycles. The van der Waals surface area contributed by atoms with Gasteiger partial charge in [-0.15, -0.1) is 0 Å². The molecule has 0 aliphatic heterocycles. The van der Waals surface area contributed by atoms with Gasteiger partial charge in [0.25, 0.3) is 0 Å². The molecule has 110 valence electrons. The third-order valence-electron chi connectivity index (χ3n) is 3.92. The predicted molar refractivity (Wildman–Crippen MR) is 88.4 cm³/mol. The number of hydrogen-bond acceptors (Lipinski definition) is 2. The zero-order valence-electron chi connectivity index (χ0n) is 11.6. The van der Waals surface area contributed by atoms with E-state index in [-0.39, 0.29) is 0 Å². The monoisotopic (exact) mass is 321 g/mol. The Hall–Kier alpha value is -1.22. The molecule has 0 heterocycles. The van der Waals surface area contributed by atoms with Crippen molar-refractivity contribution in [2.75, 3.05) is 11.9 Å². The second kappa shape index (κ2) is 6.27. The number of nitrogens with one attached hydrogen (secondary N) is 1. The lowest BCUT2D eigenvalue weighted by Gasteiger charge is -2.15. The molecule has 2 N–H and O–H groups in total. The number of aryl methyl sites for hydroxylation is 2. The van der Waals surface area contributed by atoms with Crippen molar-refractivity contribution in [3.05, 3.63) is 63.1 Å². The summed E-state index contributed by atoms with van der Waals surface area (Å²) in [6.07, 6.45) is 2.87. The Labute approximate surface area is 134 Å². The number of rotatable bonds is 4. The molecule has 0 aromatic heterocycles. The van der Waals surface area contributed by atoms with Crippen LogP contribution in [0.1, 0.15) is 29.2 Å². The fourth-order valence-electron chi connectivity index (χ4n) is 2.78. The van der Waals surface area contributed by atoms with Crippen LogP contribution < -0.4 is 5.32 Å². The zero-order chi connectivity index (χ0) is 14.8. The molecule has 0 fully saturated rings. The van der Waals surface area contributed by atoms with Crippen LogP contribution in [0.3, 0.4) is 0 Å². The van der Waals surface area contributed by atoms with Crippen LogP contribution >= 0.6 is 23.2 Å². The van der Waals surface area contributed by atoms with Crippen LogP contribution in [-0.2, 0) is 12.8 Å². The number of fused-ring (bicyclic) bond motifs is 1. The topological polar surface area (TPSA) is 32.3 Å². The van der Waals surface area contributed by atoms with Gasteiger partial charge in [-0.25, -0.2) is 0 Å². The molecule has 2 aromatic carbocycles. The van der Waals surface area contributed by atoms with Gasteiger partial charge < -0.3 is 10.4 Å². The molecular formula is C17H17Cl2NO. The summed E-state index contributed by atoms with van der Waals surface area (Å²) in [7, 11) is 0. The minimum absolute atomic E-state index is 0.402. The van der Waals surface area contributed by atoms with E-state index in [1.165, 1.54) is 24.0 Å². The fourth-order valence-corrected chi connectivity index (χ4v) is 3.20. The van der Waals surface area contributed by atoms with E-state index in [4.69, 9.17) is 23.2 Å². The number of hydrogen-bond donors (Lipinski definition) is 2. The molecule has 0 saturated heterocycles. The number of aliphatic hydroxyl groups excluding tert-OH is 1. The highest BCUT2D eigenvalue weighted by Gasteiger charge is 2.14. The summed E-state index contributed by atoms with van der Waals surface area (Å²) < 4.78 is 0. The quantitative estimate of drug-likeness (QED) is 0.860. The summed E-state index contributed by atoms with van der Waals surface area (Å²) in [4.78, 5) is 0. The van der Waals surface area contributed by atoms with E-state index in [0.29, 0.717) is 22.2 Å². The van der Waals surface area contributed by atoms with E-state index in [0.717, 1.165) is 12.1 Å². The normalized spacial score (nSPS) is 14.8. The number of halogens is 2. The van der Waals surface area contributed by atoms with Gasteiger partial charge in [0.2, 0.25) is 0 Å². The summed E-state index contributed by atoms with van der Waals surface area (Å²) in [5, 5.41) is 14.6. The van der Waals surface area contributed by atoms with Gasteiger partial charge in [-0.05, 0) is 60.7 Å². The second-order valence-corrected chi connectivity index (χ2v) is 6.24. The Morgan fingerprint density at radius 3 is 2.71 bits per heavy atom. The number of benzene rings is 2. The van der Waals surface area contributed by atoms with Crippen molar-refractivity contribution >= 4 is 28.9 Å². The molecule has 3 rings (SSSR count). The summed E-state index contributed by atoms with van der Waals surface area (Å²) in [5.74, 6) is 0. The van der Waals surface area contributed by atoms with Gasteiger partial charge in [-0.2, -0.15) is 0 Å². The summed E-state index contributed by atoms with van der Waals surface area (Å²) in [6.45, 7) is 0.402. The fraction of sp³-hybridized carbons (Fsp3) is 0.294. The van der Waals surface area contributed by atoms with Gasteiger partial charge in [0.05, 0.1) is 6.10 Å². The Morgan fingerprint density at radius 2 is 1.86 bits per heavy atom. The second-order valence-electron chi connectivity index (χ2n) is 5.40. The zero-order valence-corrected chi connectivity index (χ0v) is 13.1. The van der Waals surface area contributed by atoms with E-state index < -0.39 is 6.10 Å². The highest BCUT2D eigenvalue weighted by molar-refractivity contribution is 6.33. The molecule has 1 atom stereocenters. The van der Waals surface area contributed by atoms with E-state index in [1.54, 1.807) is 18.2 Å². The summed E-state index contributed by atoms with van der Waals surface area (Å²) in [5.41, 5.74) is 4.54. The molecular weight excluding hydrogens is 305 g/mol. The first-order chi connectivity index (χ1) is 10.1. The first kappa shape index (κ1) is 14.7. The average molecular weight is 322 g/mol. The third-order valence-corrected chi connectivity index (χ3v) is 4.49. The van der Waals surface area contributed by atoms with Gasteiger partial charge in [-0.3, -0.25) is 0 Å². The number of anilines is 1. The van der Waals surface area contributed by atoms with Crippen molar-refractivity contribution in [2.24, 2.45) is 0 Å². The molecule has 21 heavy (non-hydrogen) atoms. The van der Waals surface area contributed by atoms with E-state index >= 15 is 0 Å². The molecule has 2 nitrogen and oxygen atoms in total. The van der Waals surface area contributed by atoms with Gasteiger partial charge >= 0.3 is 0 Å². The van der Waals surface area contributed by atoms with Gasteiger partial charge in [0.1, 0.15) is 0 Å². The van der Waals surface area contributed by atoms with E-state index in [2.05, 4.69) is 23.5 Å². The first-order valence-electron chi connectivity index (χ1n) is 7.12. The van der Waals surface area contributed by atoms with Crippen LogP contribution in [0, 0.1) is 0 Å². The van der Waals surface area contributed by atoms with Gasteiger partial charge in [0.15, 0.2) is 0 Å². The Kier molecular flexibility index (Phi) is 4.39. The van der Waals surface area contributed by atoms with Crippen molar-refractivity contribution in [1.82, 2.24) is 0 Å². The summed E-state index contributed by atoms with van der Waals surface area (Å²) in [6, 6.07) is 11.5. The van der Waals surface area contributed by atoms with E-state index in [9.17, 15) is 5.11 Å². The smallest absolute Gasteiger partial charge is 0.0977 e. The molecule has 0 saturated carbocycles. The molecule has 0 radical (unpaired) electrons. The standard InChI is InChI=1S/C17H17Cl2NO/c18-13-5-7-16(19)15(9-13)17(21)10-20-14-6-4-11-2-1-3-12(11)8-14/h4-9,17,20-21H,1-3,10H2. The van der Waals surface area contributed by atoms with Crippen molar-refractivity contribution in [3.63, 3.8) is 0 Å². The maximum Gasteiger partial charge on any atom is 0.0977 e. The molecule has 1 unspecified atom stereocenters. The molecule has 0 amide bonds. The largest absolute Gasteiger partial charge is 0.387 e. The van der Waals surface area contributed by atoms with Gasteiger partial charge in [-0.1, -0.05) is 29.3 Å². The molecule has 1 aliphatic rings. The Bertz CT molecular complexity index is 657. The number of aliphatic hydroxyl groups is 1. The predicted octanol–water partition coefficient (Wildman–Crippen LogP) is 4.63. The van der Waals surface area contributed by atoms with Gasteiger partial charge in [0, 0.05) is 27.8 Å². The van der Waals surface area contributed by atoms with Crippen LogP contribution in [0.4, 0.5) is 5.69 Å². The van der Waals surface area contributed by atoms with Crippen LogP contribution in [0.2, 0.25) is 10.0 Å². The van der Waals surface area contributed by atoms with Crippen LogP contribution in [0.5, 0.6) is 0 Å². The maximum absolute atomic E-state index is 10.3. The van der Waals surface area contributed by atoms with Crippen molar-refractivity contribution < 1.29 is 5.11 Å². The van der Waals surface area contributed by atoms with Crippen LogP contribution in [-0.4, -0.2) is 11.7 Å². The first-order valence-corrected chi connectivity index (χ1v) is 7.88. The summed E-state index contributed by atoms with van der Waals surface area (Å²) >= 11 is 12.1. The lowest BCUT2D eigenvalue weighted by Crippen LogP contribution is -2.12. The lowest BCUT2D eigenvalue weighted by atomic mass is 10.1. The van der Waals surface area contributed by atoms with E-state index in [1.807, 2.05) is 0 Å². The van der Waals surface area contributed by atoms with Crippen molar-refractivity contribution in [1.29, 1.82) is 0 Å². The minimum Gasteiger partial charge on any atom is -0.387 e. The highest BCUT2D eigenvalue weighted by atomic mass is 35.5. The molecule has 0 spiro atoms. The minimum atomic E-state index is -0.690. The van der Waals surface area contributed by atoms with Crippen LogP contribution in [0.25, 0.3) is 0 Å². The van der Waals surface area contributed by atoms with Crippen molar-refractivity contribution in [3.8, 4) is 0 Å². The SMILES string of the molecule is OC(CNc1ccc2c(c1)CCC2)c1cc(Cl)ccc1Cl. The van der Waals surface area contributed by atoms with Crippen LogP contribution in [0.15, 0.2) is 36.4 Å². The Balaban J connectivity index is 1.68. The third kappa shape index (κ3) is 3.34. The molecule has 0 bridgehead atoms. The average Bonchev–Trinajstić information content (AvgIpc) is 2.94.